The highest BCUT2D eigenvalue weighted by atomic mass is 16.5. The number of hydrogen-bond acceptors (Lipinski definition) is 6. The van der Waals surface area contributed by atoms with Gasteiger partial charge in [-0.1, -0.05) is 0 Å². The average molecular weight is 444 g/mol. The molecular weight excluding hydrogens is 406 g/mol. The van der Waals surface area contributed by atoms with E-state index in [0.717, 1.165) is 85.9 Å². The molecule has 32 heavy (non-hydrogen) atoms. The van der Waals surface area contributed by atoms with Crippen LogP contribution in [0.4, 0.5) is 0 Å². The fraction of sp³-hybridized carbons (Fsp3) is 0.583. The van der Waals surface area contributed by atoms with Crippen LogP contribution in [0.5, 0.6) is 11.5 Å². The largest absolute Gasteiger partial charge is 0.497 e. The van der Waals surface area contributed by atoms with E-state index in [1.54, 1.807) is 14.2 Å². The van der Waals surface area contributed by atoms with Gasteiger partial charge in [0, 0.05) is 24.7 Å². The molecule has 0 aliphatic carbocycles. The van der Waals surface area contributed by atoms with Crippen LogP contribution in [0.1, 0.15) is 42.7 Å². The Balaban J connectivity index is 1.48. The molecule has 2 N–H and O–H groups in total. The number of piperidine rings is 1. The molecule has 1 aliphatic rings. The number of aromatic nitrogens is 1. The van der Waals surface area contributed by atoms with Crippen molar-refractivity contribution in [2.75, 3.05) is 40.4 Å². The molecule has 8 heteroatoms. The van der Waals surface area contributed by atoms with Crippen LogP contribution in [0.15, 0.2) is 27.6 Å². The van der Waals surface area contributed by atoms with E-state index in [1.165, 1.54) is 0 Å². The lowest BCUT2D eigenvalue weighted by Gasteiger charge is -2.31. The van der Waals surface area contributed by atoms with E-state index in [9.17, 15) is 0 Å². The van der Waals surface area contributed by atoms with E-state index in [2.05, 4.69) is 27.4 Å². The summed E-state index contributed by atoms with van der Waals surface area (Å²) in [5.41, 5.74) is 2.01. The maximum atomic E-state index is 5.74. The molecule has 3 rings (SSSR count). The predicted molar refractivity (Wildman–Crippen MR) is 126 cm³/mol. The van der Waals surface area contributed by atoms with Crippen LogP contribution in [0.2, 0.25) is 0 Å². The van der Waals surface area contributed by atoms with Gasteiger partial charge >= 0.3 is 0 Å². The number of benzene rings is 1. The average Bonchev–Trinajstić information content (AvgIpc) is 3.13. The number of oxazole rings is 1. The van der Waals surface area contributed by atoms with Crippen LogP contribution in [-0.4, -0.2) is 56.2 Å². The van der Waals surface area contributed by atoms with Gasteiger partial charge < -0.3 is 24.5 Å². The summed E-state index contributed by atoms with van der Waals surface area (Å²) in [6, 6.07) is 5.82. The molecule has 2 heterocycles. The summed E-state index contributed by atoms with van der Waals surface area (Å²) in [5, 5.41) is 6.86. The number of rotatable bonds is 9. The van der Waals surface area contributed by atoms with Crippen LogP contribution < -0.4 is 20.1 Å². The molecule has 0 amide bonds. The second-order valence-electron chi connectivity index (χ2n) is 8.22. The summed E-state index contributed by atoms with van der Waals surface area (Å²) < 4.78 is 16.5. The Labute approximate surface area is 191 Å². The third-order valence-corrected chi connectivity index (χ3v) is 5.94. The first kappa shape index (κ1) is 23.9. The third-order valence-electron chi connectivity index (χ3n) is 5.94. The molecule has 8 nitrogen and oxygen atoms in total. The molecule has 0 radical (unpaired) electrons. The number of hydrogen-bond donors (Lipinski definition) is 2. The zero-order chi connectivity index (χ0) is 22.9. The Kier molecular flexibility index (Phi) is 8.79. The fourth-order valence-corrected chi connectivity index (χ4v) is 3.88. The lowest BCUT2D eigenvalue weighted by molar-refractivity contribution is 0.164. The number of methoxy groups -OCH3 is 2. The van der Waals surface area contributed by atoms with E-state index in [4.69, 9.17) is 18.9 Å². The van der Waals surface area contributed by atoms with Crippen LogP contribution in [-0.2, 0) is 13.1 Å². The van der Waals surface area contributed by atoms with Gasteiger partial charge in [-0.3, -0.25) is 4.90 Å². The van der Waals surface area contributed by atoms with Crippen molar-refractivity contribution in [1.82, 2.24) is 20.5 Å². The first-order valence-corrected chi connectivity index (χ1v) is 11.4. The number of aryl methyl sites for hydroxylation is 2. The van der Waals surface area contributed by atoms with Crippen molar-refractivity contribution < 1.29 is 13.9 Å². The Morgan fingerprint density at radius 3 is 2.59 bits per heavy atom. The lowest BCUT2D eigenvalue weighted by atomic mass is 9.97. The van der Waals surface area contributed by atoms with Gasteiger partial charge in [0.05, 0.1) is 33.0 Å². The molecule has 1 fully saturated rings. The quantitative estimate of drug-likeness (QED) is 0.454. The van der Waals surface area contributed by atoms with Gasteiger partial charge in [0.2, 0.25) is 5.89 Å². The molecule has 1 aromatic heterocycles. The van der Waals surface area contributed by atoms with E-state index < -0.39 is 0 Å². The number of aliphatic imine (C=N–C) groups is 1. The summed E-state index contributed by atoms with van der Waals surface area (Å²) in [6.45, 7) is 11.2. The van der Waals surface area contributed by atoms with Crippen molar-refractivity contribution >= 4 is 5.96 Å². The van der Waals surface area contributed by atoms with Crippen LogP contribution in [0.25, 0.3) is 0 Å². The SMILES string of the molecule is CCNC(=NCc1ccc(OC)cc1OC)NCC1CCN(Cc2nc(C)c(C)o2)CC1. The topological polar surface area (TPSA) is 84.2 Å². The van der Waals surface area contributed by atoms with Gasteiger partial charge in [0.1, 0.15) is 17.3 Å². The standard InChI is InChI=1S/C24H37N5O3/c1-6-25-24(27-15-20-7-8-21(30-4)13-22(20)31-5)26-14-19-9-11-29(12-10-19)16-23-28-17(2)18(3)32-23/h7-8,13,19H,6,9-12,14-16H2,1-5H3,(H2,25,26,27). The van der Waals surface area contributed by atoms with Gasteiger partial charge in [0.25, 0.3) is 0 Å². The first-order chi connectivity index (χ1) is 15.5. The molecule has 1 aliphatic heterocycles. The minimum Gasteiger partial charge on any atom is -0.497 e. The van der Waals surface area contributed by atoms with Crippen molar-refractivity contribution in [2.45, 2.75) is 46.7 Å². The number of likely N-dealkylation sites (tertiary alicyclic amines) is 1. The summed E-state index contributed by atoms with van der Waals surface area (Å²) >= 11 is 0. The molecule has 0 unspecified atom stereocenters. The van der Waals surface area contributed by atoms with Crippen molar-refractivity contribution in [2.24, 2.45) is 10.9 Å². The molecule has 0 bridgehead atoms. The first-order valence-electron chi connectivity index (χ1n) is 11.4. The maximum Gasteiger partial charge on any atom is 0.208 e. The highest BCUT2D eigenvalue weighted by Crippen LogP contribution is 2.25. The van der Waals surface area contributed by atoms with Gasteiger partial charge in [-0.25, -0.2) is 9.98 Å². The minimum atomic E-state index is 0.538. The zero-order valence-electron chi connectivity index (χ0n) is 20.0. The molecular formula is C24H37N5O3. The third kappa shape index (κ3) is 6.63. The van der Waals surface area contributed by atoms with Crippen molar-refractivity contribution in [3.8, 4) is 11.5 Å². The highest BCUT2D eigenvalue weighted by molar-refractivity contribution is 5.79. The van der Waals surface area contributed by atoms with Gasteiger partial charge in [-0.2, -0.15) is 0 Å². The number of guanidine groups is 1. The van der Waals surface area contributed by atoms with Crippen LogP contribution >= 0.6 is 0 Å². The van der Waals surface area contributed by atoms with E-state index >= 15 is 0 Å². The summed E-state index contributed by atoms with van der Waals surface area (Å²) in [6.07, 6.45) is 2.30. The molecule has 0 spiro atoms. The Hall–Kier alpha value is -2.74. The summed E-state index contributed by atoms with van der Waals surface area (Å²) in [4.78, 5) is 11.7. The number of ether oxygens (including phenoxy) is 2. The van der Waals surface area contributed by atoms with E-state index in [-0.39, 0.29) is 0 Å². The monoisotopic (exact) mass is 443 g/mol. The minimum absolute atomic E-state index is 0.538. The smallest absolute Gasteiger partial charge is 0.208 e. The second-order valence-corrected chi connectivity index (χ2v) is 8.22. The van der Waals surface area contributed by atoms with Gasteiger partial charge in [-0.15, -0.1) is 0 Å². The molecule has 0 atom stereocenters. The predicted octanol–water partition coefficient (Wildman–Crippen LogP) is 3.28. The molecule has 2 aromatic rings. The van der Waals surface area contributed by atoms with Crippen molar-refractivity contribution in [3.05, 3.63) is 41.1 Å². The van der Waals surface area contributed by atoms with Crippen molar-refractivity contribution in [3.63, 3.8) is 0 Å². The maximum absolute atomic E-state index is 5.74. The molecule has 0 saturated carbocycles. The number of nitrogens with zero attached hydrogens (tertiary/aromatic N) is 3. The normalized spacial score (nSPS) is 15.6. The highest BCUT2D eigenvalue weighted by Gasteiger charge is 2.21. The van der Waals surface area contributed by atoms with Gasteiger partial charge in [-0.05, 0) is 64.8 Å². The Morgan fingerprint density at radius 2 is 1.97 bits per heavy atom. The lowest BCUT2D eigenvalue weighted by Crippen LogP contribution is -2.42. The Bertz CT molecular complexity index is 868. The second kappa shape index (κ2) is 11.8. The van der Waals surface area contributed by atoms with E-state index in [1.807, 2.05) is 32.0 Å². The van der Waals surface area contributed by atoms with Crippen molar-refractivity contribution in [1.29, 1.82) is 0 Å². The number of nitrogens with one attached hydrogen (secondary N) is 2. The molecule has 176 valence electrons. The Morgan fingerprint density at radius 1 is 1.19 bits per heavy atom. The van der Waals surface area contributed by atoms with Gasteiger partial charge in [0.15, 0.2) is 5.96 Å². The summed E-state index contributed by atoms with van der Waals surface area (Å²) in [7, 11) is 3.32. The fourth-order valence-electron chi connectivity index (χ4n) is 3.88. The summed E-state index contributed by atoms with van der Waals surface area (Å²) in [5.74, 6) is 4.76. The molecule has 1 saturated heterocycles. The zero-order valence-corrected chi connectivity index (χ0v) is 20.0. The molecule has 1 aromatic carbocycles. The van der Waals surface area contributed by atoms with Crippen LogP contribution in [0, 0.1) is 19.8 Å². The van der Waals surface area contributed by atoms with Crippen LogP contribution in [0.3, 0.4) is 0 Å². The van der Waals surface area contributed by atoms with E-state index in [0.29, 0.717) is 12.5 Å².